The molecule has 4 rings (SSSR count). The third-order valence-corrected chi connectivity index (χ3v) is 10.7. The summed E-state index contributed by atoms with van der Waals surface area (Å²) in [4.78, 5) is 45.3. The van der Waals surface area contributed by atoms with Crippen LogP contribution in [0.2, 0.25) is 5.02 Å². The van der Waals surface area contributed by atoms with Crippen LogP contribution >= 0.6 is 22.9 Å². The highest BCUT2D eigenvalue weighted by atomic mass is 35.5. The first-order valence-corrected chi connectivity index (χ1v) is 18.9. The van der Waals surface area contributed by atoms with Crippen LogP contribution in [-0.4, -0.2) is 85.8 Å². The van der Waals surface area contributed by atoms with Crippen molar-refractivity contribution in [3.63, 3.8) is 0 Å². The number of halogens is 1. The van der Waals surface area contributed by atoms with E-state index in [1.807, 2.05) is 17.5 Å². The van der Waals surface area contributed by atoms with Gasteiger partial charge in [0.1, 0.15) is 15.9 Å². The molecule has 1 aliphatic heterocycles. The fraction of sp³-hybridized carbons (Fsp3) is 0.594. The highest BCUT2D eigenvalue weighted by molar-refractivity contribution is 7.90. The lowest BCUT2D eigenvalue weighted by atomic mass is 9.93. The van der Waals surface area contributed by atoms with Gasteiger partial charge in [-0.15, -0.1) is 11.3 Å². The van der Waals surface area contributed by atoms with Crippen molar-refractivity contribution in [1.82, 2.24) is 15.1 Å². The number of carbonyl (C=O) groups is 3. The molecule has 12 heteroatoms. The maximum absolute atomic E-state index is 14.2. The van der Waals surface area contributed by atoms with Gasteiger partial charge in [0, 0.05) is 42.4 Å². The molecule has 0 spiro atoms. The predicted octanol–water partition coefficient (Wildman–Crippen LogP) is 5.51. The molecule has 2 aliphatic rings. The molecule has 1 aromatic carbocycles. The minimum absolute atomic E-state index is 0.0445. The number of ether oxygens (including phenoxy) is 1. The Bertz CT molecular complexity index is 1350. The monoisotopic (exact) mass is 665 g/mol. The molecule has 1 saturated heterocycles. The summed E-state index contributed by atoms with van der Waals surface area (Å²) in [5.74, 6) is 0.152. The van der Waals surface area contributed by atoms with Gasteiger partial charge in [-0.2, -0.15) is 0 Å². The van der Waals surface area contributed by atoms with Gasteiger partial charge in [0.15, 0.2) is 11.5 Å². The van der Waals surface area contributed by atoms with Gasteiger partial charge in [-0.1, -0.05) is 61.9 Å². The molecule has 1 saturated carbocycles. The Labute approximate surface area is 270 Å². The van der Waals surface area contributed by atoms with Crippen LogP contribution in [-0.2, 0) is 25.8 Å². The molecule has 2 heterocycles. The van der Waals surface area contributed by atoms with E-state index in [-0.39, 0.29) is 55.3 Å². The Morgan fingerprint density at radius 1 is 1.05 bits per heavy atom. The zero-order valence-electron chi connectivity index (χ0n) is 25.4. The summed E-state index contributed by atoms with van der Waals surface area (Å²) in [5, 5.41) is 5.89. The van der Waals surface area contributed by atoms with Gasteiger partial charge >= 0.3 is 6.09 Å². The fourth-order valence-electron chi connectivity index (χ4n) is 5.96. The van der Waals surface area contributed by atoms with Crippen LogP contribution in [0.4, 0.5) is 4.79 Å². The second-order valence-corrected chi connectivity index (χ2v) is 15.6. The molecular weight excluding hydrogens is 622 g/mol. The molecule has 0 radical (unpaired) electrons. The Hall–Kier alpha value is -2.47. The number of hydrogen-bond acceptors (Lipinski definition) is 8. The van der Waals surface area contributed by atoms with E-state index < -0.39 is 28.0 Å². The number of thiophene rings is 1. The molecule has 0 bridgehead atoms. The lowest BCUT2D eigenvalue weighted by molar-refractivity contribution is -0.144. The van der Waals surface area contributed by atoms with Gasteiger partial charge in [0.05, 0.1) is 17.6 Å². The number of sulfone groups is 1. The molecule has 2 atom stereocenters. The number of nitrogens with zero attached hydrogens (tertiary/aromatic N) is 2. The highest BCUT2D eigenvalue weighted by Gasteiger charge is 2.40. The van der Waals surface area contributed by atoms with E-state index in [4.69, 9.17) is 16.3 Å². The van der Waals surface area contributed by atoms with E-state index in [1.165, 1.54) is 17.6 Å². The van der Waals surface area contributed by atoms with Gasteiger partial charge in [-0.05, 0) is 55.7 Å². The molecule has 2 aromatic rings. The van der Waals surface area contributed by atoms with Crippen molar-refractivity contribution in [3.8, 4) is 5.75 Å². The predicted molar refractivity (Wildman–Crippen MR) is 174 cm³/mol. The van der Waals surface area contributed by atoms with E-state index in [2.05, 4.69) is 5.32 Å². The van der Waals surface area contributed by atoms with Gasteiger partial charge in [-0.25, -0.2) is 13.2 Å². The van der Waals surface area contributed by atoms with Crippen LogP contribution in [0.3, 0.4) is 0 Å². The van der Waals surface area contributed by atoms with Crippen LogP contribution in [0.5, 0.6) is 5.75 Å². The number of hydrogen-bond donors (Lipinski definition) is 1. The minimum atomic E-state index is -3.03. The summed E-state index contributed by atoms with van der Waals surface area (Å²) in [6, 6.07) is 9.61. The van der Waals surface area contributed by atoms with Gasteiger partial charge in [0.25, 0.3) is 0 Å². The van der Waals surface area contributed by atoms with E-state index in [1.54, 1.807) is 40.5 Å². The molecule has 9 nitrogen and oxygen atoms in total. The van der Waals surface area contributed by atoms with Crippen molar-refractivity contribution >= 4 is 50.6 Å². The molecule has 1 N–H and O–H groups in total. The average Bonchev–Trinajstić information content (AvgIpc) is 3.53. The summed E-state index contributed by atoms with van der Waals surface area (Å²) in [6.07, 6.45) is 9.40. The number of carbonyl (C=O) groups excluding carboxylic acids is 3. The van der Waals surface area contributed by atoms with Crippen molar-refractivity contribution in [1.29, 1.82) is 0 Å². The number of nitrogens with one attached hydrogen (secondary N) is 1. The third kappa shape index (κ3) is 10.6. The highest BCUT2D eigenvalue weighted by Crippen LogP contribution is 2.26. The number of amides is 2. The molecule has 0 unspecified atom stereocenters. The molecule has 2 amide bonds. The maximum atomic E-state index is 14.2. The lowest BCUT2D eigenvalue weighted by Gasteiger charge is -2.42. The summed E-state index contributed by atoms with van der Waals surface area (Å²) in [7, 11) is -3.03. The number of unbranched alkanes of at least 4 members (excludes halogenated alkanes) is 2. The van der Waals surface area contributed by atoms with Crippen LogP contribution in [0.1, 0.15) is 69.1 Å². The first-order valence-electron chi connectivity index (χ1n) is 15.6. The number of benzene rings is 1. The number of aryl methyl sites for hydroxylation is 1. The third-order valence-electron chi connectivity index (χ3n) is 8.37. The first kappa shape index (κ1) is 34.4. The number of rotatable bonds is 14. The Kier molecular flexibility index (Phi) is 13.1. The average molecular weight is 666 g/mol. The standard InChI is InChI=1S/C32H44ClN3O6S2/c1-44(40,41)22-9-3-6-15-27(34-24-11-4-2-5-12-24)31(38)36-20-19-35(32(39)42-30-16-8-7-14-26(30)33)23-28(36)29(37)18-17-25-13-10-21-43-25/h7-8,10,13-14,16,21,24,27-28,34H,2-6,9,11-12,15,17-20,22-23H2,1H3/t27-,28+/m1/s1. The summed E-state index contributed by atoms with van der Waals surface area (Å²) >= 11 is 7.79. The van der Waals surface area contributed by atoms with Crippen LogP contribution in [0, 0.1) is 0 Å². The summed E-state index contributed by atoms with van der Waals surface area (Å²) < 4.78 is 28.7. The first-order chi connectivity index (χ1) is 21.1. The number of Topliss-reactive ketones (excluding diaryl/α,β-unsaturated/α-hetero) is 1. The van der Waals surface area contributed by atoms with Gasteiger partial charge in [0.2, 0.25) is 5.91 Å². The molecule has 242 valence electrons. The van der Waals surface area contributed by atoms with E-state index in [0.717, 1.165) is 30.6 Å². The van der Waals surface area contributed by atoms with E-state index in [0.29, 0.717) is 37.1 Å². The van der Waals surface area contributed by atoms with Crippen molar-refractivity contribution in [3.05, 3.63) is 51.7 Å². The molecule has 1 aromatic heterocycles. The van der Waals surface area contributed by atoms with Crippen LogP contribution in [0.15, 0.2) is 41.8 Å². The second kappa shape index (κ2) is 16.7. The largest absolute Gasteiger partial charge is 0.415 e. The number of ketones is 1. The molecule has 2 fully saturated rings. The quantitative estimate of drug-likeness (QED) is 0.265. The zero-order valence-corrected chi connectivity index (χ0v) is 27.8. The minimum Gasteiger partial charge on any atom is -0.409 e. The van der Waals surface area contributed by atoms with Gasteiger partial charge < -0.3 is 19.9 Å². The lowest BCUT2D eigenvalue weighted by Crippen LogP contribution is -2.63. The summed E-state index contributed by atoms with van der Waals surface area (Å²) in [5.41, 5.74) is 0. The molecule has 44 heavy (non-hydrogen) atoms. The summed E-state index contributed by atoms with van der Waals surface area (Å²) in [6.45, 7) is 0.486. The Balaban J connectivity index is 1.48. The SMILES string of the molecule is CS(=O)(=O)CCCCC[C@@H](NC1CCCCC1)C(=O)N1CCN(C(=O)Oc2ccccc2Cl)C[C@H]1C(=O)CCc1cccs1. The molecular formula is C32H44ClN3O6S2. The van der Waals surface area contributed by atoms with E-state index >= 15 is 0 Å². The van der Waals surface area contributed by atoms with Crippen molar-refractivity contribution < 1.29 is 27.5 Å². The fourth-order valence-corrected chi connectivity index (χ4v) is 7.58. The van der Waals surface area contributed by atoms with Crippen molar-refractivity contribution in [2.75, 3.05) is 31.6 Å². The number of para-hydroxylation sites is 1. The van der Waals surface area contributed by atoms with Gasteiger partial charge in [-0.3, -0.25) is 9.59 Å². The van der Waals surface area contributed by atoms with Crippen molar-refractivity contribution in [2.24, 2.45) is 0 Å². The normalized spacial score (nSPS) is 18.6. The maximum Gasteiger partial charge on any atom is 0.415 e. The second-order valence-electron chi connectivity index (χ2n) is 11.9. The number of piperazine rings is 1. The Morgan fingerprint density at radius 3 is 2.52 bits per heavy atom. The Morgan fingerprint density at radius 2 is 1.82 bits per heavy atom. The topological polar surface area (TPSA) is 113 Å². The smallest absolute Gasteiger partial charge is 0.409 e. The van der Waals surface area contributed by atoms with Crippen molar-refractivity contribution in [2.45, 2.75) is 88.8 Å². The molecule has 1 aliphatic carbocycles. The van der Waals surface area contributed by atoms with Crippen LogP contribution < -0.4 is 10.1 Å². The zero-order chi connectivity index (χ0) is 31.5. The van der Waals surface area contributed by atoms with Crippen LogP contribution in [0.25, 0.3) is 0 Å². The van der Waals surface area contributed by atoms with E-state index in [9.17, 15) is 22.8 Å².